The topological polar surface area (TPSA) is 64.1 Å². The Balaban J connectivity index is 1.85. The Hall–Kier alpha value is -2.44. The normalized spacial score (nSPS) is 11.3. The Morgan fingerprint density at radius 2 is 2.09 bits per heavy atom. The smallest absolute Gasteiger partial charge is 0.155 e. The summed E-state index contributed by atoms with van der Waals surface area (Å²) >= 11 is 1.58. The highest BCUT2D eigenvalue weighted by molar-refractivity contribution is 7.07. The molecule has 1 aromatic carbocycles. The lowest BCUT2D eigenvalue weighted by atomic mass is 10.2. The first kappa shape index (κ1) is 13.2. The van der Waals surface area contributed by atoms with E-state index in [9.17, 15) is 0 Å². The van der Waals surface area contributed by atoms with E-state index < -0.39 is 0 Å². The van der Waals surface area contributed by atoms with Crippen LogP contribution in [0.3, 0.4) is 0 Å². The summed E-state index contributed by atoms with van der Waals surface area (Å²) in [5, 5.41) is 16.9. The van der Waals surface area contributed by atoms with Gasteiger partial charge in [-0.25, -0.2) is 4.98 Å². The Kier molecular flexibility index (Phi) is 3.25. The van der Waals surface area contributed by atoms with Crippen LogP contribution < -0.4 is 0 Å². The molecule has 0 aliphatic rings. The van der Waals surface area contributed by atoms with Crippen molar-refractivity contribution in [1.29, 1.82) is 0 Å². The molecular formula is C16H13N3O2S. The van der Waals surface area contributed by atoms with E-state index >= 15 is 0 Å². The number of thiazole rings is 1. The molecule has 0 radical (unpaired) electrons. The van der Waals surface area contributed by atoms with Crippen molar-refractivity contribution >= 4 is 22.2 Å². The average Bonchev–Trinajstić information content (AvgIpc) is 3.27. The van der Waals surface area contributed by atoms with Crippen molar-refractivity contribution in [2.24, 2.45) is 0 Å². The van der Waals surface area contributed by atoms with Crippen molar-refractivity contribution in [1.82, 2.24) is 14.8 Å². The number of aliphatic hydroxyl groups excluding tert-OH is 1. The Labute approximate surface area is 130 Å². The van der Waals surface area contributed by atoms with E-state index in [0.29, 0.717) is 18.1 Å². The number of aromatic nitrogens is 3. The molecule has 3 heterocycles. The summed E-state index contributed by atoms with van der Waals surface area (Å²) in [6.45, 7) is 0.509. The monoisotopic (exact) mass is 311 g/mol. The number of nitrogens with zero attached hydrogens (tertiary/aromatic N) is 3. The predicted molar refractivity (Wildman–Crippen MR) is 84.6 cm³/mol. The number of rotatable bonds is 4. The van der Waals surface area contributed by atoms with E-state index in [4.69, 9.17) is 9.52 Å². The maximum absolute atomic E-state index is 9.16. The largest absolute Gasteiger partial charge is 0.457 e. The number of benzene rings is 1. The van der Waals surface area contributed by atoms with Crippen molar-refractivity contribution < 1.29 is 9.52 Å². The molecule has 6 heteroatoms. The van der Waals surface area contributed by atoms with E-state index in [0.717, 1.165) is 22.3 Å². The number of furan rings is 1. The molecule has 0 amide bonds. The molecule has 4 aromatic rings. The van der Waals surface area contributed by atoms with Crippen LogP contribution in [-0.4, -0.2) is 19.9 Å². The number of para-hydroxylation sites is 1. The third-order valence-corrected chi connectivity index (χ3v) is 4.14. The molecule has 0 aliphatic carbocycles. The van der Waals surface area contributed by atoms with Gasteiger partial charge in [0, 0.05) is 10.8 Å². The minimum absolute atomic E-state index is 0.114. The highest BCUT2D eigenvalue weighted by Gasteiger charge is 2.15. The highest BCUT2D eigenvalue weighted by Crippen LogP contribution is 2.29. The molecule has 0 fully saturated rings. The van der Waals surface area contributed by atoms with Gasteiger partial charge in [0.05, 0.1) is 23.3 Å². The van der Waals surface area contributed by atoms with Gasteiger partial charge in [0.2, 0.25) is 0 Å². The van der Waals surface area contributed by atoms with Crippen LogP contribution in [0.25, 0.3) is 22.4 Å². The number of hydrogen-bond acceptors (Lipinski definition) is 5. The van der Waals surface area contributed by atoms with Crippen LogP contribution in [0.2, 0.25) is 0 Å². The molecular weight excluding hydrogens is 298 g/mol. The maximum atomic E-state index is 9.16. The maximum Gasteiger partial charge on any atom is 0.155 e. The van der Waals surface area contributed by atoms with Crippen LogP contribution in [0.1, 0.15) is 11.5 Å². The summed E-state index contributed by atoms with van der Waals surface area (Å²) in [7, 11) is 0. The van der Waals surface area contributed by atoms with Crippen LogP contribution in [0.4, 0.5) is 0 Å². The molecule has 0 aliphatic heterocycles. The zero-order valence-corrected chi connectivity index (χ0v) is 12.5. The molecule has 0 saturated heterocycles. The van der Waals surface area contributed by atoms with Crippen molar-refractivity contribution in [2.45, 2.75) is 13.2 Å². The van der Waals surface area contributed by atoms with Crippen molar-refractivity contribution in [3.8, 4) is 11.5 Å². The summed E-state index contributed by atoms with van der Waals surface area (Å²) in [4.78, 5) is 4.32. The van der Waals surface area contributed by atoms with Gasteiger partial charge in [-0.15, -0.1) is 11.3 Å². The van der Waals surface area contributed by atoms with Crippen LogP contribution in [-0.2, 0) is 13.2 Å². The predicted octanol–water partition coefficient (Wildman–Crippen LogP) is 3.29. The molecule has 4 rings (SSSR count). The van der Waals surface area contributed by atoms with E-state index in [1.165, 1.54) is 0 Å². The van der Waals surface area contributed by atoms with Crippen molar-refractivity contribution in [3.05, 3.63) is 58.7 Å². The second-order valence-electron chi connectivity index (χ2n) is 4.93. The molecule has 3 aromatic heterocycles. The molecule has 0 atom stereocenters. The lowest BCUT2D eigenvalue weighted by Crippen LogP contribution is -2.01. The molecule has 110 valence electrons. The fourth-order valence-corrected chi connectivity index (χ4v) is 3.04. The third-order valence-electron chi connectivity index (χ3n) is 3.50. The van der Waals surface area contributed by atoms with E-state index in [2.05, 4.69) is 10.1 Å². The van der Waals surface area contributed by atoms with E-state index in [1.54, 1.807) is 17.4 Å². The number of fused-ring (bicyclic) bond motifs is 1. The molecule has 5 nitrogen and oxygen atoms in total. The summed E-state index contributed by atoms with van der Waals surface area (Å²) < 4.78 is 7.57. The fourth-order valence-electron chi connectivity index (χ4n) is 2.49. The summed E-state index contributed by atoms with van der Waals surface area (Å²) in [6.07, 6.45) is 0. The first-order valence-electron chi connectivity index (χ1n) is 6.87. The average molecular weight is 311 g/mol. The lowest BCUT2D eigenvalue weighted by molar-refractivity contribution is 0.248. The van der Waals surface area contributed by atoms with E-state index in [1.807, 2.05) is 45.9 Å². The third kappa shape index (κ3) is 2.22. The second-order valence-corrected chi connectivity index (χ2v) is 5.65. The van der Waals surface area contributed by atoms with Gasteiger partial charge in [-0.05, 0) is 18.2 Å². The first-order valence-corrected chi connectivity index (χ1v) is 7.82. The van der Waals surface area contributed by atoms with Crippen molar-refractivity contribution in [3.63, 3.8) is 0 Å². The molecule has 22 heavy (non-hydrogen) atoms. The first-order chi connectivity index (χ1) is 10.8. The standard InChI is InChI=1S/C16H13N3O2S/c20-8-12-5-6-15(21-12)16-13-3-1-2-4-14(13)19(18-16)7-11-9-22-10-17-11/h1-6,9-10,20H,7-8H2. The van der Waals surface area contributed by atoms with Crippen LogP contribution in [0, 0.1) is 0 Å². The molecule has 0 spiro atoms. The lowest BCUT2D eigenvalue weighted by Gasteiger charge is -1.99. The van der Waals surface area contributed by atoms with Gasteiger partial charge in [0.15, 0.2) is 5.76 Å². The Morgan fingerprint density at radius 1 is 1.18 bits per heavy atom. The zero-order valence-electron chi connectivity index (χ0n) is 11.6. The summed E-state index contributed by atoms with van der Waals surface area (Å²) in [5.74, 6) is 1.20. The molecule has 1 N–H and O–H groups in total. The van der Waals surface area contributed by atoms with Crippen LogP contribution in [0.15, 0.2) is 51.7 Å². The highest BCUT2D eigenvalue weighted by atomic mass is 32.1. The van der Waals surface area contributed by atoms with Crippen molar-refractivity contribution in [2.75, 3.05) is 0 Å². The fraction of sp³-hybridized carbons (Fsp3) is 0.125. The van der Waals surface area contributed by atoms with Gasteiger partial charge in [0.25, 0.3) is 0 Å². The van der Waals surface area contributed by atoms with Gasteiger partial charge in [-0.3, -0.25) is 4.68 Å². The minimum Gasteiger partial charge on any atom is -0.457 e. The van der Waals surface area contributed by atoms with Crippen LogP contribution in [0.5, 0.6) is 0 Å². The molecule has 0 saturated carbocycles. The summed E-state index contributed by atoms with van der Waals surface area (Å²) in [5.41, 5.74) is 4.63. The Morgan fingerprint density at radius 3 is 2.86 bits per heavy atom. The quantitative estimate of drug-likeness (QED) is 0.628. The molecule has 0 bridgehead atoms. The van der Waals surface area contributed by atoms with E-state index in [-0.39, 0.29) is 6.61 Å². The minimum atomic E-state index is -0.114. The van der Waals surface area contributed by atoms with Gasteiger partial charge in [-0.2, -0.15) is 5.10 Å². The second kappa shape index (κ2) is 5.40. The number of hydrogen-bond donors (Lipinski definition) is 1. The van der Waals surface area contributed by atoms with Gasteiger partial charge < -0.3 is 9.52 Å². The molecule has 0 unspecified atom stereocenters. The van der Waals surface area contributed by atoms with Gasteiger partial charge >= 0.3 is 0 Å². The zero-order chi connectivity index (χ0) is 14.9. The number of aliphatic hydroxyl groups is 1. The van der Waals surface area contributed by atoms with Gasteiger partial charge in [0.1, 0.15) is 18.1 Å². The van der Waals surface area contributed by atoms with Crippen LogP contribution >= 0.6 is 11.3 Å². The van der Waals surface area contributed by atoms with Gasteiger partial charge in [-0.1, -0.05) is 18.2 Å². The Bertz CT molecular complexity index is 909. The summed E-state index contributed by atoms with van der Waals surface area (Å²) in [6, 6.07) is 11.6. The SMILES string of the molecule is OCc1ccc(-c2nn(Cc3cscn3)c3ccccc23)o1.